The summed E-state index contributed by atoms with van der Waals surface area (Å²) in [4.78, 5) is 16.0. The number of aromatic nitrogens is 2. The van der Waals surface area contributed by atoms with Gasteiger partial charge in [0.2, 0.25) is 11.0 Å². The quantitative estimate of drug-likeness (QED) is 0.890. The van der Waals surface area contributed by atoms with E-state index in [1.54, 1.807) is 18.4 Å². The van der Waals surface area contributed by atoms with Crippen LogP contribution in [0.25, 0.3) is 11.4 Å². The molecule has 0 bridgehead atoms. The largest absolute Gasteiger partial charge is 0.382 e. The second-order valence-electron chi connectivity index (χ2n) is 4.07. The van der Waals surface area contributed by atoms with Gasteiger partial charge in [0.1, 0.15) is 0 Å². The Hall–Kier alpha value is -1.31. The van der Waals surface area contributed by atoms with Crippen molar-refractivity contribution in [2.45, 2.75) is 25.9 Å². The van der Waals surface area contributed by atoms with E-state index >= 15 is 0 Å². The molecular formula is C12H15N3O2S2. The number of anilines is 1. The normalized spacial score (nSPS) is 12.3. The van der Waals surface area contributed by atoms with Crippen LogP contribution in [0.4, 0.5) is 5.13 Å². The zero-order chi connectivity index (χ0) is 13.7. The van der Waals surface area contributed by atoms with Crippen LogP contribution in [-0.2, 0) is 9.53 Å². The van der Waals surface area contributed by atoms with Crippen molar-refractivity contribution in [2.75, 3.05) is 12.4 Å². The van der Waals surface area contributed by atoms with E-state index in [1.807, 2.05) is 23.8 Å². The topological polar surface area (TPSA) is 64.1 Å². The first kappa shape index (κ1) is 14.1. The molecule has 0 aromatic carbocycles. The lowest BCUT2D eigenvalue weighted by molar-refractivity contribution is -0.116. The SMILES string of the molecule is CO[C@@H](C)CCC(=O)Nc1nc(-c2ccsc2)ns1. The lowest BCUT2D eigenvalue weighted by Gasteiger charge is -2.07. The molecule has 0 unspecified atom stereocenters. The minimum absolute atomic E-state index is 0.0584. The molecule has 0 aliphatic carbocycles. The van der Waals surface area contributed by atoms with Gasteiger partial charge >= 0.3 is 0 Å². The molecule has 2 heterocycles. The first-order valence-electron chi connectivity index (χ1n) is 5.88. The molecule has 0 aliphatic heterocycles. The molecule has 2 aromatic rings. The van der Waals surface area contributed by atoms with Crippen LogP contribution in [-0.4, -0.2) is 28.5 Å². The first-order valence-corrected chi connectivity index (χ1v) is 7.59. The molecule has 102 valence electrons. The molecule has 0 aliphatic rings. The number of nitrogens with zero attached hydrogens (tertiary/aromatic N) is 2. The van der Waals surface area contributed by atoms with Crippen LogP contribution in [0.1, 0.15) is 19.8 Å². The van der Waals surface area contributed by atoms with Gasteiger partial charge in [-0.25, -0.2) is 0 Å². The minimum Gasteiger partial charge on any atom is -0.382 e. The lowest BCUT2D eigenvalue weighted by atomic mass is 10.2. The fraction of sp³-hybridized carbons (Fsp3) is 0.417. The molecule has 7 heteroatoms. The molecule has 2 aromatic heterocycles. The number of hydrogen-bond donors (Lipinski definition) is 1. The van der Waals surface area contributed by atoms with Crippen molar-refractivity contribution in [1.82, 2.24) is 9.36 Å². The Labute approximate surface area is 119 Å². The molecule has 1 N–H and O–H groups in total. The molecule has 0 radical (unpaired) electrons. The maximum atomic E-state index is 11.7. The monoisotopic (exact) mass is 297 g/mol. The van der Waals surface area contributed by atoms with Gasteiger partial charge in [-0.1, -0.05) is 0 Å². The molecule has 19 heavy (non-hydrogen) atoms. The highest BCUT2D eigenvalue weighted by molar-refractivity contribution is 7.10. The number of carbonyl (C=O) groups excluding carboxylic acids is 1. The number of rotatable bonds is 6. The van der Waals surface area contributed by atoms with Crippen LogP contribution in [0, 0.1) is 0 Å². The van der Waals surface area contributed by atoms with Crippen molar-refractivity contribution in [1.29, 1.82) is 0 Å². The van der Waals surface area contributed by atoms with Crippen LogP contribution < -0.4 is 5.32 Å². The van der Waals surface area contributed by atoms with Gasteiger partial charge in [-0.15, -0.1) is 0 Å². The van der Waals surface area contributed by atoms with Gasteiger partial charge in [0.05, 0.1) is 6.10 Å². The second kappa shape index (κ2) is 6.74. The van der Waals surface area contributed by atoms with Crippen LogP contribution in [0.15, 0.2) is 16.8 Å². The van der Waals surface area contributed by atoms with Gasteiger partial charge in [-0.05, 0) is 24.8 Å². The van der Waals surface area contributed by atoms with Gasteiger partial charge in [0, 0.05) is 36.0 Å². The van der Waals surface area contributed by atoms with Crippen LogP contribution in [0.5, 0.6) is 0 Å². The molecule has 0 saturated heterocycles. The van der Waals surface area contributed by atoms with Gasteiger partial charge in [0.25, 0.3) is 0 Å². The highest BCUT2D eigenvalue weighted by atomic mass is 32.1. The third-order valence-corrected chi connectivity index (χ3v) is 3.95. The summed E-state index contributed by atoms with van der Waals surface area (Å²) in [5, 5.41) is 7.25. The van der Waals surface area contributed by atoms with Gasteiger partial charge in [-0.2, -0.15) is 20.7 Å². The summed E-state index contributed by atoms with van der Waals surface area (Å²) in [6.07, 6.45) is 1.20. The number of amides is 1. The standard InChI is InChI=1S/C12H15N3O2S2/c1-8(17-2)3-4-10(16)13-12-14-11(15-19-12)9-5-6-18-7-9/h5-8H,3-4H2,1-2H3,(H,13,14,15,16)/t8-/m0/s1. The fourth-order valence-electron chi connectivity index (χ4n) is 1.42. The van der Waals surface area contributed by atoms with Gasteiger partial charge in [0.15, 0.2) is 5.82 Å². The maximum absolute atomic E-state index is 11.7. The smallest absolute Gasteiger partial charge is 0.226 e. The Morgan fingerprint density at radius 1 is 1.58 bits per heavy atom. The predicted octanol–water partition coefficient (Wildman–Crippen LogP) is 3.02. The summed E-state index contributed by atoms with van der Waals surface area (Å²) in [5.41, 5.74) is 0.981. The number of carbonyl (C=O) groups is 1. The first-order chi connectivity index (χ1) is 9.19. The summed E-state index contributed by atoms with van der Waals surface area (Å²) in [5.74, 6) is 0.601. The van der Waals surface area contributed by atoms with Gasteiger partial charge < -0.3 is 10.1 Å². The zero-order valence-corrected chi connectivity index (χ0v) is 12.4. The molecule has 0 saturated carbocycles. The van der Waals surface area contributed by atoms with Crippen molar-refractivity contribution >= 4 is 33.9 Å². The Kier molecular flexibility index (Phi) is 5.00. The molecule has 0 spiro atoms. The average molecular weight is 297 g/mol. The fourth-order valence-corrected chi connectivity index (χ4v) is 2.66. The molecule has 0 fully saturated rings. The number of ether oxygens (including phenoxy) is 1. The van der Waals surface area contributed by atoms with Crippen molar-refractivity contribution in [3.63, 3.8) is 0 Å². The zero-order valence-electron chi connectivity index (χ0n) is 10.8. The van der Waals surface area contributed by atoms with E-state index in [0.717, 1.165) is 5.56 Å². The summed E-state index contributed by atoms with van der Waals surface area (Å²) < 4.78 is 9.32. The summed E-state index contributed by atoms with van der Waals surface area (Å²) in [6.45, 7) is 1.94. The van der Waals surface area contributed by atoms with Crippen LogP contribution >= 0.6 is 22.9 Å². The second-order valence-corrected chi connectivity index (χ2v) is 5.60. The lowest BCUT2D eigenvalue weighted by Crippen LogP contribution is -2.14. The minimum atomic E-state index is -0.0584. The molecule has 2 rings (SSSR count). The number of thiophene rings is 1. The molecular weight excluding hydrogens is 282 g/mol. The summed E-state index contributed by atoms with van der Waals surface area (Å²) in [6, 6.07) is 1.96. The third kappa shape index (κ3) is 4.09. The van der Waals surface area contributed by atoms with E-state index in [0.29, 0.717) is 23.8 Å². The molecule has 5 nitrogen and oxygen atoms in total. The van der Waals surface area contributed by atoms with Gasteiger partial charge in [-0.3, -0.25) is 4.79 Å². The van der Waals surface area contributed by atoms with E-state index in [4.69, 9.17) is 4.74 Å². The number of nitrogens with one attached hydrogen (secondary N) is 1. The van der Waals surface area contributed by atoms with E-state index in [9.17, 15) is 4.79 Å². The van der Waals surface area contributed by atoms with E-state index < -0.39 is 0 Å². The Bertz CT molecular complexity index is 525. The maximum Gasteiger partial charge on any atom is 0.226 e. The third-order valence-electron chi connectivity index (χ3n) is 2.63. The number of hydrogen-bond acceptors (Lipinski definition) is 6. The van der Waals surface area contributed by atoms with Crippen molar-refractivity contribution < 1.29 is 9.53 Å². The van der Waals surface area contributed by atoms with Crippen molar-refractivity contribution in [3.8, 4) is 11.4 Å². The predicted molar refractivity (Wildman–Crippen MR) is 77.6 cm³/mol. The Morgan fingerprint density at radius 3 is 3.11 bits per heavy atom. The van der Waals surface area contributed by atoms with Crippen molar-refractivity contribution in [2.24, 2.45) is 0 Å². The summed E-state index contributed by atoms with van der Waals surface area (Å²) >= 11 is 2.79. The van der Waals surface area contributed by atoms with Crippen LogP contribution in [0.2, 0.25) is 0 Å². The molecule has 1 amide bonds. The molecule has 1 atom stereocenters. The Balaban J connectivity index is 1.88. The summed E-state index contributed by atoms with van der Waals surface area (Å²) in [7, 11) is 1.64. The average Bonchev–Trinajstić information content (AvgIpc) is 3.06. The van der Waals surface area contributed by atoms with Crippen molar-refractivity contribution in [3.05, 3.63) is 16.8 Å². The highest BCUT2D eigenvalue weighted by Gasteiger charge is 2.11. The van der Waals surface area contributed by atoms with E-state index in [2.05, 4.69) is 14.7 Å². The number of methoxy groups -OCH3 is 1. The Morgan fingerprint density at radius 2 is 2.42 bits per heavy atom. The highest BCUT2D eigenvalue weighted by Crippen LogP contribution is 2.23. The van der Waals surface area contributed by atoms with E-state index in [-0.39, 0.29) is 12.0 Å². The van der Waals surface area contributed by atoms with E-state index in [1.165, 1.54) is 11.5 Å². The van der Waals surface area contributed by atoms with Crippen LogP contribution in [0.3, 0.4) is 0 Å².